The van der Waals surface area contributed by atoms with Gasteiger partial charge in [-0.05, 0) is 40.2 Å². The number of carbonyl (C=O) groups is 1. The largest absolute Gasteiger partial charge is 0.496 e. The van der Waals surface area contributed by atoms with E-state index in [4.69, 9.17) is 16.3 Å². The van der Waals surface area contributed by atoms with Gasteiger partial charge in [-0.1, -0.05) is 11.6 Å². The Morgan fingerprint density at radius 2 is 2.14 bits per heavy atom. The number of methoxy groups -OCH3 is 1. The van der Waals surface area contributed by atoms with Crippen molar-refractivity contribution in [3.05, 3.63) is 45.5 Å². The molecule has 1 aromatic carbocycles. The highest BCUT2D eigenvalue weighted by atomic mass is 79.9. The molecule has 0 aliphatic rings. The Kier molecular flexibility index (Phi) is 5.03. The van der Waals surface area contributed by atoms with Crippen molar-refractivity contribution in [3.8, 4) is 5.75 Å². The monoisotopic (exact) mass is 369 g/mol. The van der Waals surface area contributed by atoms with Crippen LogP contribution in [0.4, 0.5) is 11.5 Å². The number of pyridine rings is 1. The van der Waals surface area contributed by atoms with Crippen LogP contribution in [0, 0.1) is 0 Å². The maximum Gasteiger partial charge on any atom is 0.257 e. The van der Waals surface area contributed by atoms with Crippen LogP contribution in [0.25, 0.3) is 0 Å². The summed E-state index contributed by atoms with van der Waals surface area (Å²) in [5.74, 6) is 0.931. The van der Waals surface area contributed by atoms with Gasteiger partial charge in [-0.3, -0.25) is 4.79 Å². The summed E-state index contributed by atoms with van der Waals surface area (Å²) in [5, 5.41) is 6.00. The molecule has 0 bridgehead atoms. The highest BCUT2D eigenvalue weighted by Crippen LogP contribution is 2.28. The molecular weight excluding hydrogens is 358 g/mol. The van der Waals surface area contributed by atoms with Crippen molar-refractivity contribution in [3.63, 3.8) is 0 Å². The van der Waals surface area contributed by atoms with Gasteiger partial charge >= 0.3 is 0 Å². The van der Waals surface area contributed by atoms with Gasteiger partial charge in [0.25, 0.3) is 5.91 Å². The molecule has 2 aromatic rings. The van der Waals surface area contributed by atoms with Gasteiger partial charge in [-0.15, -0.1) is 0 Å². The zero-order valence-electron chi connectivity index (χ0n) is 11.4. The highest BCUT2D eigenvalue weighted by molar-refractivity contribution is 9.10. The van der Waals surface area contributed by atoms with Crippen molar-refractivity contribution in [2.75, 3.05) is 24.8 Å². The van der Waals surface area contributed by atoms with Crippen molar-refractivity contribution >= 4 is 44.9 Å². The van der Waals surface area contributed by atoms with Crippen LogP contribution < -0.4 is 15.4 Å². The fraction of sp³-hybridized carbons (Fsp3) is 0.143. The zero-order valence-corrected chi connectivity index (χ0v) is 13.7. The summed E-state index contributed by atoms with van der Waals surface area (Å²) < 4.78 is 5.89. The summed E-state index contributed by atoms with van der Waals surface area (Å²) in [6.45, 7) is 0. The standard InChI is InChI=1S/C14H13BrClN3O2/c1-17-13-11(16)5-8(7-18-13)14(20)19-9-3-4-12(21-2)10(15)6-9/h3-7H,1-2H3,(H,17,18)(H,19,20). The van der Waals surface area contributed by atoms with Crippen LogP contribution in [0.1, 0.15) is 10.4 Å². The quantitative estimate of drug-likeness (QED) is 0.859. The Morgan fingerprint density at radius 3 is 2.71 bits per heavy atom. The van der Waals surface area contributed by atoms with Crippen molar-refractivity contribution in [2.45, 2.75) is 0 Å². The lowest BCUT2D eigenvalue weighted by Crippen LogP contribution is -2.12. The van der Waals surface area contributed by atoms with E-state index in [0.29, 0.717) is 27.8 Å². The number of nitrogens with zero attached hydrogens (tertiary/aromatic N) is 1. The molecule has 0 spiro atoms. The van der Waals surface area contributed by atoms with E-state index in [1.807, 2.05) is 0 Å². The van der Waals surface area contributed by atoms with Crippen LogP contribution >= 0.6 is 27.5 Å². The van der Waals surface area contributed by atoms with E-state index >= 15 is 0 Å². The summed E-state index contributed by atoms with van der Waals surface area (Å²) in [5.41, 5.74) is 1.02. The van der Waals surface area contributed by atoms with Crippen LogP contribution in [-0.4, -0.2) is 25.0 Å². The highest BCUT2D eigenvalue weighted by Gasteiger charge is 2.10. The molecule has 1 aromatic heterocycles. The topological polar surface area (TPSA) is 63.2 Å². The summed E-state index contributed by atoms with van der Waals surface area (Å²) in [7, 11) is 3.29. The number of halogens is 2. The first-order chi connectivity index (χ1) is 10.0. The van der Waals surface area contributed by atoms with Gasteiger partial charge in [0, 0.05) is 18.9 Å². The molecule has 7 heteroatoms. The molecule has 0 saturated heterocycles. The summed E-state index contributed by atoms with van der Waals surface area (Å²) in [4.78, 5) is 16.2. The minimum atomic E-state index is -0.288. The predicted molar refractivity (Wildman–Crippen MR) is 87.4 cm³/mol. The van der Waals surface area contributed by atoms with Gasteiger partial charge in [0.15, 0.2) is 0 Å². The lowest BCUT2D eigenvalue weighted by molar-refractivity contribution is 0.102. The number of hydrogen-bond acceptors (Lipinski definition) is 4. The van der Waals surface area contributed by atoms with Crippen molar-refractivity contribution in [1.29, 1.82) is 0 Å². The van der Waals surface area contributed by atoms with Crippen LogP contribution in [0.15, 0.2) is 34.9 Å². The molecule has 0 atom stereocenters. The average molecular weight is 371 g/mol. The molecule has 2 rings (SSSR count). The second-order valence-electron chi connectivity index (χ2n) is 4.11. The molecule has 1 amide bonds. The van der Waals surface area contributed by atoms with Crippen molar-refractivity contribution < 1.29 is 9.53 Å². The molecule has 0 aliphatic heterocycles. The molecule has 2 N–H and O–H groups in total. The zero-order chi connectivity index (χ0) is 15.4. The predicted octanol–water partition coefficient (Wildman–Crippen LogP) is 3.80. The molecule has 5 nitrogen and oxygen atoms in total. The lowest BCUT2D eigenvalue weighted by Gasteiger charge is -2.09. The fourth-order valence-electron chi connectivity index (χ4n) is 1.69. The van der Waals surface area contributed by atoms with Crippen molar-refractivity contribution in [2.24, 2.45) is 0 Å². The fourth-order valence-corrected chi connectivity index (χ4v) is 2.49. The average Bonchev–Trinajstić information content (AvgIpc) is 2.47. The van der Waals surface area contributed by atoms with E-state index in [-0.39, 0.29) is 5.91 Å². The third kappa shape index (κ3) is 3.65. The number of nitrogens with one attached hydrogen (secondary N) is 2. The maximum atomic E-state index is 12.2. The van der Waals surface area contributed by atoms with E-state index in [1.165, 1.54) is 6.20 Å². The molecule has 110 valence electrons. The number of anilines is 2. The van der Waals surface area contributed by atoms with E-state index in [9.17, 15) is 4.79 Å². The van der Waals surface area contributed by atoms with E-state index < -0.39 is 0 Å². The Labute approximate surface area is 135 Å². The third-order valence-electron chi connectivity index (χ3n) is 2.75. The minimum absolute atomic E-state index is 0.288. The lowest BCUT2D eigenvalue weighted by atomic mass is 10.2. The molecule has 0 saturated carbocycles. The first kappa shape index (κ1) is 15.6. The van der Waals surface area contributed by atoms with E-state index in [2.05, 4.69) is 31.5 Å². The van der Waals surface area contributed by atoms with Gasteiger partial charge in [-0.25, -0.2) is 4.98 Å². The van der Waals surface area contributed by atoms with Gasteiger partial charge in [-0.2, -0.15) is 0 Å². The first-order valence-corrected chi connectivity index (χ1v) is 7.20. The van der Waals surface area contributed by atoms with Gasteiger partial charge in [0.1, 0.15) is 11.6 Å². The Bertz CT molecular complexity index is 679. The molecule has 0 unspecified atom stereocenters. The van der Waals surface area contributed by atoms with Gasteiger partial charge < -0.3 is 15.4 Å². The summed E-state index contributed by atoms with van der Waals surface area (Å²) in [6.07, 6.45) is 1.46. The summed E-state index contributed by atoms with van der Waals surface area (Å²) >= 11 is 9.38. The smallest absolute Gasteiger partial charge is 0.257 e. The van der Waals surface area contributed by atoms with Gasteiger partial charge in [0.2, 0.25) is 0 Å². The van der Waals surface area contributed by atoms with E-state index in [0.717, 1.165) is 4.47 Å². The Balaban J connectivity index is 2.18. The SMILES string of the molecule is CNc1ncc(C(=O)Nc2ccc(OC)c(Br)c2)cc1Cl. The molecule has 0 fully saturated rings. The van der Waals surface area contributed by atoms with Crippen LogP contribution in [0.2, 0.25) is 5.02 Å². The molecular formula is C14H13BrClN3O2. The molecule has 21 heavy (non-hydrogen) atoms. The molecule has 1 heterocycles. The molecule has 0 radical (unpaired) electrons. The molecule has 0 aliphatic carbocycles. The number of aromatic nitrogens is 1. The van der Waals surface area contributed by atoms with Crippen LogP contribution in [0.5, 0.6) is 5.75 Å². The number of carbonyl (C=O) groups excluding carboxylic acids is 1. The van der Waals surface area contributed by atoms with Crippen LogP contribution in [0.3, 0.4) is 0 Å². The Hall–Kier alpha value is -1.79. The third-order valence-corrected chi connectivity index (χ3v) is 3.66. The minimum Gasteiger partial charge on any atom is -0.496 e. The maximum absolute atomic E-state index is 12.2. The summed E-state index contributed by atoms with van der Waals surface area (Å²) in [6, 6.07) is 6.83. The number of benzene rings is 1. The normalized spacial score (nSPS) is 10.1. The Morgan fingerprint density at radius 1 is 1.38 bits per heavy atom. The second-order valence-corrected chi connectivity index (χ2v) is 5.37. The second kappa shape index (κ2) is 6.78. The number of ether oxygens (including phenoxy) is 1. The number of amides is 1. The number of rotatable bonds is 4. The van der Waals surface area contributed by atoms with Crippen molar-refractivity contribution in [1.82, 2.24) is 4.98 Å². The number of hydrogen-bond donors (Lipinski definition) is 2. The van der Waals surface area contributed by atoms with Crippen LogP contribution in [-0.2, 0) is 0 Å². The van der Waals surface area contributed by atoms with Gasteiger partial charge in [0.05, 0.1) is 22.2 Å². The first-order valence-electron chi connectivity index (χ1n) is 6.03. The van der Waals surface area contributed by atoms with E-state index in [1.54, 1.807) is 38.4 Å².